The number of ether oxygens (including phenoxy) is 2. The number of nitrogens with one attached hydrogen (secondary N) is 1. The fourth-order valence-electron chi connectivity index (χ4n) is 4.54. The lowest BCUT2D eigenvalue weighted by molar-refractivity contribution is -0.174. The summed E-state index contributed by atoms with van der Waals surface area (Å²) < 4.78 is 16.3. The van der Waals surface area contributed by atoms with E-state index in [2.05, 4.69) is 11.9 Å². The van der Waals surface area contributed by atoms with Gasteiger partial charge >= 0.3 is 17.9 Å². The molecule has 2 heterocycles. The maximum atomic E-state index is 13.7. The molecule has 2 fully saturated rings. The smallest absolute Gasteiger partial charge is 0.375 e. The summed E-state index contributed by atoms with van der Waals surface area (Å²) in [6, 6.07) is 2.43. The number of hydrogen-bond donors (Lipinski definition) is 1. The highest BCUT2D eigenvalue weighted by Crippen LogP contribution is 2.43. The summed E-state index contributed by atoms with van der Waals surface area (Å²) in [7, 11) is 0. The number of esters is 3. The van der Waals surface area contributed by atoms with E-state index in [0.717, 1.165) is 24.6 Å². The molecule has 1 aliphatic carbocycles. The highest BCUT2D eigenvalue weighted by Gasteiger charge is 2.54. The second-order valence-electron chi connectivity index (χ2n) is 8.77. The zero-order valence-electron chi connectivity index (χ0n) is 21.1. The maximum Gasteiger partial charge on any atom is 0.375 e. The van der Waals surface area contributed by atoms with Crippen molar-refractivity contribution < 1.29 is 37.9 Å². The molecule has 0 bridgehead atoms. The largest absolute Gasteiger partial charge is 0.457 e. The Balaban J connectivity index is 1.76. The van der Waals surface area contributed by atoms with E-state index in [4.69, 9.17) is 13.9 Å². The zero-order valence-corrected chi connectivity index (χ0v) is 22.8. The van der Waals surface area contributed by atoms with Gasteiger partial charge < -0.3 is 19.2 Å². The molecule has 1 aromatic rings. The molecule has 204 valence electrons. The van der Waals surface area contributed by atoms with Crippen LogP contribution >= 0.6 is 23.5 Å². The molecular formula is C27H31NO8S2. The second-order valence-corrected chi connectivity index (χ2v) is 10.9. The van der Waals surface area contributed by atoms with Gasteiger partial charge in [0.25, 0.3) is 0 Å². The Hall–Kier alpha value is -3.05. The van der Waals surface area contributed by atoms with Gasteiger partial charge in [-0.1, -0.05) is 55.5 Å². The molecule has 3 rings (SSSR count). The van der Waals surface area contributed by atoms with Crippen molar-refractivity contribution in [3.8, 4) is 0 Å². The van der Waals surface area contributed by atoms with Gasteiger partial charge in [-0.05, 0) is 38.3 Å². The number of carbonyl (C=O) groups excluding carboxylic acids is 5. The van der Waals surface area contributed by atoms with E-state index in [0.29, 0.717) is 30.6 Å². The van der Waals surface area contributed by atoms with Gasteiger partial charge in [-0.15, -0.1) is 11.8 Å². The molecule has 1 saturated heterocycles. The van der Waals surface area contributed by atoms with E-state index in [1.807, 2.05) is 0 Å². The molecule has 1 aromatic heterocycles. The van der Waals surface area contributed by atoms with Crippen molar-refractivity contribution >= 4 is 52.5 Å². The Morgan fingerprint density at radius 3 is 2.61 bits per heavy atom. The first-order chi connectivity index (χ1) is 18.3. The van der Waals surface area contributed by atoms with Crippen LogP contribution < -0.4 is 5.32 Å². The van der Waals surface area contributed by atoms with E-state index in [1.54, 1.807) is 25.2 Å². The van der Waals surface area contributed by atoms with Gasteiger partial charge in [0.2, 0.25) is 22.4 Å². The average Bonchev–Trinajstić information content (AvgIpc) is 3.67. The van der Waals surface area contributed by atoms with E-state index < -0.39 is 35.5 Å². The molecule has 2 unspecified atom stereocenters. The van der Waals surface area contributed by atoms with Gasteiger partial charge in [0, 0.05) is 17.2 Å². The van der Waals surface area contributed by atoms with Crippen LogP contribution in [-0.2, 0) is 28.7 Å². The number of amides is 1. The molecule has 1 aliphatic heterocycles. The summed E-state index contributed by atoms with van der Waals surface area (Å²) in [5, 5.41) is 2.56. The van der Waals surface area contributed by atoms with Crippen molar-refractivity contribution in [2.45, 2.75) is 50.7 Å². The lowest BCUT2D eigenvalue weighted by Crippen LogP contribution is -2.52. The highest BCUT2D eigenvalue weighted by molar-refractivity contribution is 8.14. The first-order valence-electron chi connectivity index (χ1n) is 12.3. The zero-order chi connectivity index (χ0) is 27.5. The number of thioether (sulfide) groups is 2. The Morgan fingerprint density at radius 2 is 2.00 bits per heavy atom. The summed E-state index contributed by atoms with van der Waals surface area (Å²) >= 11 is 2.13. The fraction of sp³-hybridized carbons (Fsp3) is 0.444. The van der Waals surface area contributed by atoms with Crippen LogP contribution in [0.2, 0.25) is 0 Å². The molecule has 9 nitrogen and oxygen atoms in total. The van der Waals surface area contributed by atoms with Crippen molar-refractivity contribution in [2.24, 2.45) is 5.92 Å². The molecule has 1 saturated carbocycles. The first kappa shape index (κ1) is 29.5. The molecule has 0 radical (unpaired) electrons. The van der Waals surface area contributed by atoms with Gasteiger partial charge in [-0.25, -0.2) is 9.59 Å². The van der Waals surface area contributed by atoms with Crippen LogP contribution in [0.15, 0.2) is 59.3 Å². The summed E-state index contributed by atoms with van der Waals surface area (Å²) in [5.74, 6) is -3.38. The Bertz CT molecular complexity index is 1100. The third kappa shape index (κ3) is 7.28. The van der Waals surface area contributed by atoms with E-state index in [-0.39, 0.29) is 28.3 Å². The second kappa shape index (κ2) is 14.2. The quantitative estimate of drug-likeness (QED) is 0.227. The minimum absolute atomic E-state index is 0.0785. The molecular weight excluding hydrogens is 530 g/mol. The van der Waals surface area contributed by atoms with Gasteiger partial charge in [-0.2, -0.15) is 0 Å². The predicted octanol–water partition coefficient (Wildman–Crippen LogP) is 4.01. The van der Waals surface area contributed by atoms with E-state index in [9.17, 15) is 24.0 Å². The van der Waals surface area contributed by atoms with Crippen LogP contribution in [0.3, 0.4) is 0 Å². The van der Waals surface area contributed by atoms with Crippen molar-refractivity contribution in [1.29, 1.82) is 0 Å². The van der Waals surface area contributed by atoms with Crippen LogP contribution in [0.25, 0.3) is 0 Å². The summed E-state index contributed by atoms with van der Waals surface area (Å²) in [5.41, 5.74) is -1.58. The molecule has 38 heavy (non-hydrogen) atoms. The van der Waals surface area contributed by atoms with Crippen LogP contribution in [0, 0.1) is 5.92 Å². The van der Waals surface area contributed by atoms with Crippen LogP contribution in [0.1, 0.15) is 49.6 Å². The third-order valence-corrected chi connectivity index (χ3v) is 8.13. The van der Waals surface area contributed by atoms with Crippen LogP contribution in [0.4, 0.5) is 0 Å². The predicted molar refractivity (Wildman–Crippen MR) is 144 cm³/mol. The van der Waals surface area contributed by atoms with Gasteiger partial charge in [0.1, 0.15) is 0 Å². The lowest BCUT2D eigenvalue weighted by Gasteiger charge is -2.36. The summed E-state index contributed by atoms with van der Waals surface area (Å²) in [6.07, 6.45) is 11.0. The van der Waals surface area contributed by atoms with Gasteiger partial charge in [-0.3, -0.25) is 14.4 Å². The van der Waals surface area contributed by atoms with Crippen molar-refractivity contribution in [2.75, 3.05) is 17.3 Å². The lowest BCUT2D eigenvalue weighted by atomic mass is 9.78. The summed E-state index contributed by atoms with van der Waals surface area (Å²) in [4.78, 5) is 63.3. The monoisotopic (exact) mass is 561 g/mol. The van der Waals surface area contributed by atoms with Crippen molar-refractivity contribution in [3.63, 3.8) is 0 Å². The normalized spacial score (nSPS) is 19.8. The Morgan fingerprint density at radius 1 is 1.24 bits per heavy atom. The third-order valence-electron chi connectivity index (χ3n) is 6.21. The topological polar surface area (TPSA) is 129 Å². The standard InChI is InChI=1S/C27H31NO8S2/c1-3-8-18(9-4-2)27(19-10-5-6-11-19,36-24(31)21-12-7-14-34-21)26(33)35-23(30)17-37-16-22(29)28-20-13-15-38-25(20)32/h3-4,7-9,12,14,19-20H,1,5-6,10-11,13,15-17H2,2H3,(H,28,29). The molecule has 1 amide bonds. The molecule has 0 spiro atoms. The van der Waals surface area contributed by atoms with E-state index in [1.165, 1.54) is 36.2 Å². The maximum absolute atomic E-state index is 13.7. The Labute approximate surface area is 229 Å². The van der Waals surface area contributed by atoms with Gasteiger partial charge in [0.15, 0.2) is 0 Å². The number of allylic oxidation sites excluding steroid dienone is 3. The molecule has 11 heteroatoms. The SMILES string of the molecule is C=CC=C(C=CC)C(OC(=O)c1ccco1)(C(=O)OC(=O)CSCC(=O)NC1CCSC1=O)C1CCCC1. The first-order valence-corrected chi connectivity index (χ1v) is 14.5. The molecule has 0 aromatic carbocycles. The number of carbonyl (C=O) groups is 5. The van der Waals surface area contributed by atoms with Crippen molar-refractivity contribution in [1.82, 2.24) is 5.32 Å². The van der Waals surface area contributed by atoms with Gasteiger partial charge in [0.05, 0.1) is 23.8 Å². The number of hydrogen-bond acceptors (Lipinski definition) is 10. The number of furan rings is 1. The Kier molecular flexibility index (Phi) is 11.0. The molecule has 2 aliphatic rings. The van der Waals surface area contributed by atoms with E-state index >= 15 is 0 Å². The minimum atomic E-state index is -1.90. The summed E-state index contributed by atoms with van der Waals surface area (Å²) in [6.45, 7) is 5.47. The minimum Gasteiger partial charge on any atom is -0.457 e. The van der Waals surface area contributed by atoms with Crippen LogP contribution in [0.5, 0.6) is 0 Å². The fourth-order valence-corrected chi connectivity index (χ4v) is 6.07. The van der Waals surface area contributed by atoms with Crippen LogP contribution in [-0.4, -0.2) is 57.8 Å². The molecule has 2 atom stereocenters. The van der Waals surface area contributed by atoms with Crippen molar-refractivity contribution in [3.05, 3.63) is 60.6 Å². The molecule has 1 N–H and O–H groups in total. The average molecular weight is 562 g/mol. The highest BCUT2D eigenvalue weighted by atomic mass is 32.2. The number of rotatable bonds is 12.